The minimum absolute atomic E-state index is 0.143. The number of thiazole rings is 1. The van der Waals surface area contributed by atoms with Crippen LogP contribution in [-0.4, -0.2) is 47.9 Å². The van der Waals surface area contributed by atoms with Crippen LogP contribution in [0.1, 0.15) is 30.4 Å². The lowest BCUT2D eigenvalue weighted by molar-refractivity contribution is -0.131. The largest absolute Gasteiger partial charge is 0.382 e. The Morgan fingerprint density at radius 1 is 1.45 bits per heavy atom. The van der Waals surface area contributed by atoms with E-state index < -0.39 is 6.04 Å². The van der Waals surface area contributed by atoms with Crippen molar-refractivity contribution in [3.05, 3.63) is 4.88 Å². The van der Waals surface area contributed by atoms with Gasteiger partial charge in [0.05, 0.1) is 0 Å². The van der Waals surface area contributed by atoms with Crippen molar-refractivity contribution in [1.82, 2.24) is 15.2 Å². The lowest BCUT2D eigenvalue weighted by Crippen LogP contribution is -2.45. The van der Waals surface area contributed by atoms with Gasteiger partial charge in [0, 0.05) is 20.1 Å². The smallest absolute Gasteiger partial charge is 0.265 e. The number of carbonyl (C=O) groups is 2. The summed E-state index contributed by atoms with van der Waals surface area (Å²) >= 11 is 1.18. The molecule has 7 nitrogen and oxygen atoms in total. The first kappa shape index (κ1) is 16.2. The molecule has 0 aliphatic rings. The van der Waals surface area contributed by atoms with Gasteiger partial charge in [0.25, 0.3) is 5.91 Å². The fourth-order valence-corrected chi connectivity index (χ4v) is 2.39. The molecule has 2 amide bonds. The molecule has 0 saturated heterocycles. The van der Waals surface area contributed by atoms with E-state index in [0.717, 1.165) is 0 Å². The molecule has 0 saturated carbocycles. The number of hydrogen-bond donors (Lipinski definition) is 3. The summed E-state index contributed by atoms with van der Waals surface area (Å²) in [4.78, 5) is 29.9. The molecule has 0 radical (unpaired) electrons. The van der Waals surface area contributed by atoms with E-state index in [1.54, 1.807) is 18.9 Å². The monoisotopic (exact) mass is 299 g/mol. The maximum Gasteiger partial charge on any atom is 0.265 e. The summed E-state index contributed by atoms with van der Waals surface area (Å²) in [5.41, 5.74) is 5.71. The molecule has 1 aromatic heterocycles. The van der Waals surface area contributed by atoms with Crippen molar-refractivity contribution in [2.24, 2.45) is 0 Å². The zero-order chi connectivity index (χ0) is 15.3. The number of aromatic nitrogens is 1. The third-order valence-corrected chi connectivity index (χ3v) is 3.78. The number of likely N-dealkylation sites (N-methyl/N-ethyl adjacent to an activating group) is 1. The highest BCUT2D eigenvalue weighted by atomic mass is 32.1. The van der Waals surface area contributed by atoms with Gasteiger partial charge in [-0.1, -0.05) is 11.3 Å². The molecule has 0 fully saturated rings. The van der Waals surface area contributed by atoms with Crippen molar-refractivity contribution in [2.45, 2.75) is 26.8 Å². The standard InChI is InChI=1S/C12H21N5O2S/c1-5-14-12-16-9(13)8(20-12)10(18)15-7(3)11(19)17(4)6-2/h7H,5-6,13H2,1-4H3,(H,14,16)(H,15,18). The molecule has 4 N–H and O–H groups in total. The van der Waals surface area contributed by atoms with Gasteiger partial charge in [-0.2, -0.15) is 0 Å². The van der Waals surface area contributed by atoms with E-state index in [4.69, 9.17) is 5.73 Å². The Labute approximate surface area is 122 Å². The van der Waals surface area contributed by atoms with E-state index in [-0.39, 0.29) is 17.6 Å². The van der Waals surface area contributed by atoms with Crippen LogP contribution in [0.2, 0.25) is 0 Å². The maximum absolute atomic E-state index is 12.1. The zero-order valence-corrected chi connectivity index (χ0v) is 13.0. The average Bonchev–Trinajstić information content (AvgIpc) is 2.78. The van der Waals surface area contributed by atoms with Crippen LogP contribution >= 0.6 is 11.3 Å². The number of rotatable bonds is 6. The molecule has 0 bridgehead atoms. The van der Waals surface area contributed by atoms with Gasteiger partial charge in [0.15, 0.2) is 5.13 Å². The van der Waals surface area contributed by atoms with Crippen molar-refractivity contribution in [3.63, 3.8) is 0 Å². The van der Waals surface area contributed by atoms with Gasteiger partial charge in [-0.15, -0.1) is 0 Å². The fourth-order valence-electron chi connectivity index (χ4n) is 1.53. The molecular weight excluding hydrogens is 278 g/mol. The number of carbonyl (C=O) groups excluding carboxylic acids is 2. The predicted octanol–water partition coefficient (Wildman–Crippen LogP) is 0.754. The fraction of sp³-hybridized carbons (Fsp3) is 0.583. The van der Waals surface area contributed by atoms with Crippen LogP contribution in [0.4, 0.5) is 10.9 Å². The third kappa shape index (κ3) is 3.83. The number of nitrogen functional groups attached to an aromatic ring is 1. The number of hydrogen-bond acceptors (Lipinski definition) is 6. The highest BCUT2D eigenvalue weighted by Crippen LogP contribution is 2.24. The molecule has 1 unspecified atom stereocenters. The van der Waals surface area contributed by atoms with E-state index in [1.165, 1.54) is 11.3 Å². The summed E-state index contributed by atoms with van der Waals surface area (Å²) < 4.78 is 0. The first-order chi connectivity index (χ1) is 9.40. The third-order valence-electron chi connectivity index (χ3n) is 2.76. The van der Waals surface area contributed by atoms with Gasteiger partial charge < -0.3 is 21.3 Å². The van der Waals surface area contributed by atoms with Gasteiger partial charge in [0.2, 0.25) is 5.91 Å². The molecule has 1 aromatic rings. The molecule has 1 atom stereocenters. The van der Waals surface area contributed by atoms with Gasteiger partial charge in [-0.25, -0.2) is 4.98 Å². The molecule has 1 rings (SSSR count). The van der Waals surface area contributed by atoms with Gasteiger partial charge in [-0.3, -0.25) is 9.59 Å². The number of nitrogens with zero attached hydrogens (tertiary/aromatic N) is 2. The van der Waals surface area contributed by atoms with Crippen molar-refractivity contribution in [3.8, 4) is 0 Å². The van der Waals surface area contributed by atoms with Crippen LogP contribution < -0.4 is 16.4 Å². The second-order valence-electron chi connectivity index (χ2n) is 4.31. The Balaban J connectivity index is 2.73. The average molecular weight is 299 g/mol. The van der Waals surface area contributed by atoms with Gasteiger partial charge in [-0.05, 0) is 20.8 Å². The molecule has 0 aromatic carbocycles. The summed E-state index contributed by atoms with van der Waals surface area (Å²) in [5.74, 6) is -0.350. The molecule has 112 valence electrons. The quantitative estimate of drug-likeness (QED) is 0.720. The minimum atomic E-state index is -0.600. The number of nitrogens with one attached hydrogen (secondary N) is 2. The molecule has 8 heteroatoms. The van der Waals surface area contributed by atoms with Crippen LogP contribution in [-0.2, 0) is 4.79 Å². The Hall–Kier alpha value is -1.83. The molecule has 0 spiro atoms. The summed E-state index contributed by atoms with van der Waals surface area (Å²) in [5, 5.41) is 6.24. The number of nitrogens with two attached hydrogens (primary N) is 1. The predicted molar refractivity (Wildman–Crippen MR) is 80.9 cm³/mol. The summed E-state index contributed by atoms with van der Waals surface area (Å²) in [7, 11) is 1.69. The van der Waals surface area contributed by atoms with Gasteiger partial charge in [0.1, 0.15) is 16.7 Å². The summed E-state index contributed by atoms with van der Waals surface area (Å²) in [6.07, 6.45) is 0. The summed E-state index contributed by atoms with van der Waals surface area (Å²) in [6.45, 7) is 6.74. The van der Waals surface area contributed by atoms with Crippen molar-refractivity contribution in [2.75, 3.05) is 31.2 Å². The zero-order valence-electron chi connectivity index (χ0n) is 12.2. The molecule has 0 aliphatic heterocycles. The van der Waals surface area contributed by atoms with Crippen molar-refractivity contribution in [1.29, 1.82) is 0 Å². The van der Waals surface area contributed by atoms with E-state index >= 15 is 0 Å². The van der Waals surface area contributed by atoms with Gasteiger partial charge >= 0.3 is 0 Å². The molecule has 20 heavy (non-hydrogen) atoms. The van der Waals surface area contributed by atoms with Crippen LogP contribution in [0.3, 0.4) is 0 Å². The van der Waals surface area contributed by atoms with Crippen LogP contribution in [0.25, 0.3) is 0 Å². The summed E-state index contributed by atoms with van der Waals surface area (Å²) in [6, 6.07) is -0.600. The first-order valence-corrected chi connectivity index (χ1v) is 7.28. The molecule has 1 heterocycles. The Bertz CT molecular complexity index is 488. The topological polar surface area (TPSA) is 100 Å². The van der Waals surface area contributed by atoms with E-state index in [2.05, 4.69) is 15.6 Å². The number of anilines is 2. The molecular formula is C12H21N5O2S. The van der Waals surface area contributed by atoms with Crippen molar-refractivity contribution < 1.29 is 9.59 Å². The Morgan fingerprint density at radius 3 is 2.65 bits per heavy atom. The lowest BCUT2D eigenvalue weighted by atomic mass is 10.3. The Kier molecular flexibility index (Phi) is 5.75. The first-order valence-electron chi connectivity index (χ1n) is 6.46. The van der Waals surface area contributed by atoms with Crippen LogP contribution in [0, 0.1) is 0 Å². The highest BCUT2D eigenvalue weighted by molar-refractivity contribution is 7.18. The molecule has 0 aliphatic carbocycles. The lowest BCUT2D eigenvalue weighted by Gasteiger charge is -2.20. The van der Waals surface area contributed by atoms with Crippen molar-refractivity contribution >= 4 is 34.1 Å². The maximum atomic E-state index is 12.1. The van der Waals surface area contributed by atoms with E-state index in [1.807, 2.05) is 13.8 Å². The SMILES string of the molecule is CCNc1nc(N)c(C(=O)NC(C)C(=O)N(C)CC)s1. The number of amides is 2. The highest BCUT2D eigenvalue weighted by Gasteiger charge is 2.22. The van der Waals surface area contributed by atoms with E-state index in [9.17, 15) is 9.59 Å². The normalized spacial score (nSPS) is 11.8. The second kappa shape index (κ2) is 7.09. The van der Waals surface area contributed by atoms with Crippen LogP contribution in [0.5, 0.6) is 0 Å². The Morgan fingerprint density at radius 2 is 2.10 bits per heavy atom. The minimum Gasteiger partial charge on any atom is -0.382 e. The second-order valence-corrected chi connectivity index (χ2v) is 5.31. The van der Waals surface area contributed by atoms with Crippen LogP contribution in [0.15, 0.2) is 0 Å². The van der Waals surface area contributed by atoms with E-state index in [0.29, 0.717) is 23.1 Å².